The Morgan fingerprint density at radius 1 is 0.970 bits per heavy atom. The largest absolute Gasteiger partial charge is 0.497 e. The van der Waals surface area contributed by atoms with Gasteiger partial charge in [-0.25, -0.2) is 5.01 Å². The molecule has 0 N–H and O–H groups in total. The summed E-state index contributed by atoms with van der Waals surface area (Å²) >= 11 is 0. The van der Waals surface area contributed by atoms with E-state index in [-0.39, 0.29) is 17.5 Å². The summed E-state index contributed by atoms with van der Waals surface area (Å²) < 4.78 is 46.9. The van der Waals surface area contributed by atoms with Crippen molar-refractivity contribution in [1.82, 2.24) is 5.01 Å². The van der Waals surface area contributed by atoms with Crippen LogP contribution in [0.5, 0.6) is 23.0 Å². The minimum atomic E-state index is -2.94. The summed E-state index contributed by atoms with van der Waals surface area (Å²) in [5.41, 5.74) is 3.69. The van der Waals surface area contributed by atoms with Crippen molar-refractivity contribution in [3.63, 3.8) is 0 Å². The number of hydrogen-bond donors (Lipinski definition) is 0. The standard InChI is InChI=1S/C25H22F2N2O4/c1-30-17-10-7-15(8-11-17)19-14-20-18-5-3-4-6-21(18)32-24(29(20)28-19)16-9-12-22(33-25(26)27)23(13-16)31-2/h3-13,20,24-25H,14H2,1-2H3/t20-,24+/m1/s1. The molecule has 6 nitrogen and oxygen atoms in total. The molecule has 0 aliphatic carbocycles. The van der Waals surface area contributed by atoms with Crippen molar-refractivity contribution < 1.29 is 27.7 Å². The molecule has 0 radical (unpaired) electrons. The third kappa shape index (κ3) is 3.92. The van der Waals surface area contributed by atoms with Gasteiger partial charge in [-0.15, -0.1) is 0 Å². The Bertz CT molecular complexity index is 1180. The summed E-state index contributed by atoms with van der Waals surface area (Å²) in [6.45, 7) is -2.94. The molecule has 2 heterocycles. The van der Waals surface area contributed by atoms with Crippen molar-refractivity contribution in [2.24, 2.45) is 5.10 Å². The molecule has 170 valence electrons. The average molecular weight is 452 g/mol. The molecule has 2 atom stereocenters. The van der Waals surface area contributed by atoms with Gasteiger partial charge in [-0.3, -0.25) is 0 Å². The maximum absolute atomic E-state index is 12.7. The average Bonchev–Trinajstić information content (AvgIpc) is 3.29. The SMILES string of the molecule is COc1ccc(C2=NN3[C@H](C2)c2ccccc2O[C@H]3c2ccc(OC(F)F)c(OC)c2)cc1. The third-order valence-electron chi connectivity index (χ3n) is 5.81. The maximum atomic E-state index is 12.7. The first-order chi connectivity index (χ1) is 16.1. The van der Waals surface area contributed by atoms with Crippen molar-refractivity contribution in [3.8, 4) is 23.0 Å². The number of para-hydroxylation sites is 1. The zero-order valence-electron chi connectivity index (χ0n) is 18.1. The predicted octanol–water partition coefficient (Wildman–Crippen LogP) is 5.55. The Labute approximate surface area is 189 Å². The number of benzene rings is 3. The molecule has 0 saturated carbocycles. The van der Waals surface area contributed by atoms with Crippen molar-refractivity contribution in [2.75, 3.05) is 14.2 Å². The van der Waals surface area contributed by atoms with Crippen LogP contribution in [0.4, 0.5) is 8.78 Å². The van der Waals surface area contributed by atoms with E-state index in [0.29, 0.717) is 12.0 Å². The Hall–Kier alpha value is -3.81. The molecule has 3 aromatic carbocycles. The maximum Gasteiger partial charge on any atom is 0.387 e. The van der Waals surface area contributed by atoms with Crippen LogP contribution in [-0.2, 0) is 0 Å². The molecule has 5 rings (SSSR count). The highest BCUT2D eigenvalue weighted by Gasteiger charge is 2.41. The fourth-order valence-electron chi connectivity index (χ4n) is 4.24. The molecule has 2 aliphatic rings. The van der Waals surface area contributed by atoms with Gasteiger partial charge in [0.05, 0.1) is 26.0 Å². The molecular formula is C25H22F2N2O4. The highest BCUT2D eigenvalue weighted by atomic mass is 19.3. The normalized spacial score (nSPS) is 18.8. The molecule has 0 spiro atoms. The second-order valence-electron chi connectivity index (χ2n) is 7.67. The Kier molecular flexibility index (Phi) is 5.50. The van der Waals surface area contributed by atoms with Crippen LogP contribution >= 0.6 is 0 Å². The lowest BCUT2D eigenvalue weighted by atomic mass is 9.96. The lowest BCUT2D eigenvalue weighted by Gasteiger charge is -2.38. The lowest BCUT2D eigenvalue weighted by molar-refractivity contribution is -0.0514. The molecule has 3 aromatic rings. The first-order valence-electron chi connectivity index (χ1n) is 10.5. The lowest BCUT2D eigenvalue weighted by Crippen LogP contribution is -2.33. The first-order valence-corrected chi connectivity index (χ1v) is 10.5. The molecule has 0 bridgehead atoms. The third-order valence-corrected chi connectivity index (χ3v) is 5.81. The van der Waals surface area contributed by atoms with E-state index < -0.39 is 12.8 Å². The van der Waals surface area contributed by atoms with Crippen molar-refractivity contribution in [1.29, 1.82) is 0 Å². The molecule has 0 fully saturated rings. The van der Waals surface area contributed by atoms with Crippen LogP contribution < -0.4 is 18.9 Å². The molecule has 0 amide bonds. The predicted molar refractivity (Wildman–Crippen MR) is 118 cm³/mol. The smallest absolute Gasteiger partial charge is 0.387 e. The van der Waals surface area contributed by atoms with E-state index in [1.165, 1.54) is 13.2 Å². The topological polar surface area (TPSA) is 52.5 Å². The molecular weight excluding hydrogens is 430 g/mol. The van der Waals surface area contributed by atoms with Crippen molar-refractivity contribution in [3.05, 3.63) is 83.4 Å². The number of ether oxygens (including phenoxy) is 4. The fourth-order valence-corrected chi connectivity index (χ4v) is 4.24. The number of methoxy groups -OCH3 is 2. The van der Waals surface area contributed by atoms with E-state index >= 15 is 0 Å². The summed E-state index contributed by atoms with van der Waals surface area (Å²) in [4.78, 5) is 0. The number of nitrogens with zero attached hydrogens (tertiary/aromatic N) is 2. The summed E-state index contributed by atoms with van der Waals surface area (Å²) in [6, 6.07) is 20.4. The molecule has 33 heavy (non-hydrogen) atoms. The number of halogens is 2. The second kappa shape index (κ2) is 8.61. The van der Waals surface area contributed by atoms with Gasteiger partial charge in [-0.2, -0.15) is 13.9 Å². The minimum Gasteiger partial charge on any atom is -0.497 e. The van der Waals surface area contributed by atoms with Crippen molar-refractivity contribution in [2.45, 2.75) is 25.3 Å². The van der Waals surface area contributed by atoms with Gasteiger partial charge in [-0.05, 0) is 54.1 Å². The molecule has 0 saturated heterocycles. The minimum absolute atomic E-state index is 0.0277. The summed E-state index contributed by atoms with van der Waals surface area (Å²) in [6.07, 6.45) is 0.141. The highest BCUT2D eigenvalue weighted by Crippen LogP contribution is 2.48. The Balaban J connectivity index is 1.54. The van der Waals surface area contributed by atoms with Crippen LogP contribution in [-0.4, -0.2) is 31.6 Å². The van der Waals surface area contributed by atoms with Crippen LogP contribution in [0.2, 0.25) is 0 Å². The van der Waals surface area contributed by atoms with Crippen LogP contribution in [0.3, 0.4) is 0 Å². The fraction of sp³-hybridized carbons (Fsp3) is 0.240. The van der Waals surface area contributed by atoms with Crippen LogP contribution in [0, 0.1) is 0 Å². The monoisotopic (exact) mass is 452 g/mol. The zero-order valence-corrected chi connectivity index (χ0v) is 18.1. The van der Waals surface area contributed by atoms with Crippen LogP contribution in [0.1, 0.15) is 35.4 Å². The van der Waals surface area contributed by atoms with E-state index in [1.54, 1.807) is 19.2 Å². The van der Waals surface area contributed by atoms with Gasteiger partial charge in [0.25, 0.3) is 0 Å². The van der Waals surface area contributed by atoms with Crippen LogP contribution in [0.25, 0.3) is 0 Å². The summed E-state index contributed by atoms with van der Waals surface area (Å²) in [7, 11) is 3.04. The van der Waals surface area contributed by atoms with Gasteiger partial charge in [0, 0.05) is 17.5 Å². The molecule has 0 aromatic heterocycles. The van der Waals surface area contributed by atoms with E-state index in [4.69, 9.17) is 19.3 Å². The molecule has 2 aliphatic heterocycles. The van der Waals surface area contributed by atoms with Gasteiger partial charge in [-0.1, -0.05) is 18.2 Å². The number of alkyl halides is 2. The second-order valence-corrected chi connectivity index (χ2v) is 7.67. The van der Waals surface area contributed by atoms with Crippen LogP contribution in [0.15, 0.2) is 71.8 Å². The number of hydrogen-bond acceptors (Lipinski definition) is 6. The van der Waals surface area contributed by atoms with Crippen molar-refractivity contribution >= 4 is 5.71 Å². The first kappa shape index (κ1) is 21.1. The number of rotatable bonds is 6. The summed E-state index contributed by atoms with van der Waals surface area (Å²) in [5.74, 6) is 1.71. The van der Waals surface area contributed by atoms with Gasteiger partial charge in [0.1, 0.15) is 11.5 Å². The van der Waals surface area contributed by atoms with Gasteiger partial charge in [0.2, 0.25) is 6.23 Å². The summed E-state index contributed by atoms with van der Waals surface area (Å²) in [5, 5.41) is 6.83. The van der Waals surface area contributed by atoms with Gasteiger partial charge < -0.3 is 18.9 Å². The van der Waals surface area contributed by atoms with Gasteiger partial charge >= 0.3 is 6.61 Å². The van der Waals surface area contributed by atoms with E-state index in [9.17, 15) is 8.78 Å². The highest BCUT2D eigenvalue weighted by molar-refractivity contribution is 6.02. The van der Waals surface area contributed by atoms with E-state index in [0.717, 1.165) is 28.3 Å². The Morgan fingerprint density at radius 2 is 1.76 bits per heavy atom. The molecule has 0 unspecified atom stereocenters. The number of fused-ring (bicyclic) bond motifs is 3. The van der Waals surface area contributed by atoms with E-state index in [2.05, 4.69) is 4.74 Å². The Morgan fingerprint density at radius 3 is 2.48 bits per heavy atom. The quantitative estimate of drug-likeness (QED) is 0.491. The zero-order chi connectivity index (χ0) is 22.9. The number of hydrazone groups is 1. The van der Waals surface area contributed by atoms with Gasteiger partial charge in [0.15, 0.2) is 11.5 Å². The molecule has 8 heteroatoms. The van der Waals surface area contributed by atoms with E-state index in [1.807, 2.05) is 53.5 Å².